The number of hydrogen-bond donors (Lipinski definition) is 2. The topological polar surface area (TPSA) is 83.6 Å². The van der Waals surface area contributed by atoms with Crippen molar-refractivity contribution in [3.63, 3.8) is 0 Å². The van der Waals surface area contributed by atoms with Crippen LogP contribution >= 0.6 is 0 Å². The van der Waals surface area contributed by atoms with Gasteiger partial charge in [0.15, 0.2) is 0 Å². The van der Waals surface area contributed by atoms with Crippen LogP contribution in [0.1, 0.15) is 32.1 Å². The Morgan fingerprint density at radius 2 is 2.00 bits per heavy atom. The first-order valence-corrected chi connectivity index (χ1v) is 7.53. The summed E-state index contributed by atoms with van der Waals surface area (Å²) in [4.78, 5) is 0. The van der Waals surface area contributed by atoms with Crippen LogP contribution in [-0.4, -0.2) is 49.3 Å². The van der Waals surface area contributed by atoms with Crippen molar-refractivity contribution in [2.24, 2.45) is 5.73 Å². The molecule has 1 saturated carbocycles. The van der Waals surface area contributed by atoms with Crippen molar-refractivity contribution in [2.75, 3.05) is 25.4 Å². The van der Waals surface area contributed by atoms with Crippen LogP contribution in [0.5, 0.6) is 0 Å². The zero-order chi connectivity index (χ0) is 12.0. The van der Waals surface area contributed by atoms with Gasteiger partial charge in [-0.05, 0) is 32.2 Å². The van der Waals surface area contributed by atoms with Crippen LogP contribution in [0.2, 0.25) is 0 Å². The quantitative estimate of drug-likeness (QED) is 0.630. The van der Waals surface area contributed by atoms with Gasteiger partial charge in [-0.2, -0.15) is 4.31 Å². The van der Waals surface area contributed by atoms with Crippen molar-refractivity contribution in [3.05, 3.63) is 0 Å². The second kappa shape index (κ2) is 6.54. The van der Waals surface area contributed by atoms with E-state index in [4.69, 9.17) is 10.8 Å². The highest BCUT2D eigenvalue weighted by molar-refractivity contribution is 7.89. The molecular weight excluding hydrogens is 228 g/mol. The minimum atomic E-state index is -3.17. The largest absolute Gasteiger partial charge is 0.396 e. The molecule has 1 fully saturated rings. The molecule has 96 valence electrons. The maximum atomic E-state index is 12.0. The average molecular weight is 250 g/mol. The lowest BCUT2D eigenvalue weighted by molar-refractivity contribution is 0.198. The standard InChI is InChI=1S/C10H22N2O3S/c11-6-2-9-16(14,15)12(7-3-8-13)10-4-1-5-10/h10,13H,1-9,11H2. The van der Waals surface area contributed by atoms with Crippen LogP contribution in [0.4, 0.5) is 0 Å². The monoisotopic (exact) mass is 250 g/mol. The fourth-order valence-corrected chi connectivity index (χ4v) is 3.67. The molecule has 0 heterocycles. The van der Waals surface area contributed by atoms with Gasteiger partial charge in [-0.15, -0.1) is 0 Å². The SMILES string of the molecule is NCCCS(=O)(=O)N(CCCO)C1CCC1. The molecular formula is C10H22N2O3S. The maximum Gasteiger partial charge on any atom is 0.214 e. The number of rotatable bonds is 8. The van der Waals surface area contributed by atoms with Gasteiger partial charge in [0.2, 0.25) is 10.0 Å². The molecule has 5 nitrogen and oxygen atoms in total. The van der Waals surface area contributed by atoms with Gasteiger partial charge in [-0.1, -0.05) is 6.42 Å². The molecule has 3 N–H and O–H groups in total. The molecule has 0 bridgehead atoms. The average Bonchev–Trinajstić information content (AvgIpc) is 2.18. The van der Waals surface area contributed by atoms with E-state index in [0.717, 1.165) is 19.3 Å². The van der Waals surface area contributed by atoms with Crippen molar-refractivity contribution >= 4 is 10.0 Å². The molecule has 1 aliphatic rings. The zero-order valence-electron chi connectivity index (χ0n) is 9.64. The van der Waals surface area contributed by atoms with Gasteiger partial charge in [-0.3, -0.25) is 0 Å². The van der Waals surface area contributed by atoms with Crippen molar-refractivity contribution < 1.29 is 13.5 Å². The van der Waals surface area contributed by atoms with E-state index >= 15 is 0 Å². The van der Waals surface area contributed by atoms with E-state index in [0.29, 0.717) is 25.9 Å². The molecule has 0 saturated heterocycles. The highest BCUT2D eigenvalue weighted by Gasteiger charge is 2.32. The summed E-state index contributed by atoms with van der Waals surface area (Å²) >= 11 is 0. The molecule has 1 aliphatic carbocycles. The number of hydrogen-bond acceptors (Lipinski definition) is 4. The van der Waals surface area contributed by atoms with Gasteiger partial charge in [0, 0.05) is 19.2 Å². The normalized spacial score (nSPS) is 17.7. The highest BCUT2D eigenvalue weighted by atomic mass is 32.2. The zero-order valence-corrected chi connectivity index (χ0v) is 10.5. The molecule has 1 rings (SSSR count). The third-order valence-corrected chi connectivity index (χ3v) is 4.98. The first-order valence-electron chi connectivity index (χ1n) is 5.92. The van der Waals surface area contributed by atoms with Gasteiger partial charge < -0.3 is 10.8 Å². The molecule has 0 aromatic rings. The minimum absolute atomic E-state index is 0.0373. The molecule has 0 spiro atoms. The van der Waals surface area contributed by atoms with Crippen LogP contribution in [0.3, 0.4) is 0 Å². The van der Waals surface area contributed by atoms with Crippen LogP contribution in [0.15, 0.2) is 0 Å². The van der Waals surface area contributed by atoms with Crippen molar-refractivity contribution in [1.82, 2.24) is 4.31 Å². The molecule has 0 aliphatic heterocycles. The smallest absolute Gasteiger partial charge is 0.214 e. The first-order chi connectivity index (χ1) is 7.61. The minimum Gasteiger partial charge on any atom is -0.396 e. The van der Waals surface area contributed by atoms with Crippen LogP contribution in [-0.2, 0) is 10.0 Å². The number of aliphatic hydroxyl groups is 1. The Bertz CT molecular complexity index is 288. The Morgan fingerprint density at radius 3 is 2.44 bits per heavy atom. The Hall–Kier alpha value is -0.170. The predicted octanol–water partition coefficient (Wildman–Crippen LogP) is -0.0981. The summed E-state index contributed by atoms with van der Waals surface area (Å²) in [6.45, 7) is 0.876. The highest BCUT2D eigenvalue weighted by Crippen LogP contribution is 2.27. The lowest BCUT2D eigenvalue weighted by Gasteiger charge is -2.36. The number of nitrogens with zero attached hydrogens (tertiary/aromatic N) is 1. The Kier molecular flexibility index (Phi) is 5.68. The van der Waals surface area contributed by atoms with Gasteiger partial charge in [0.1, 0.15) is 0 Å². The molecule has 6 heteroatoms. The van der Waals surface area contributed by atoms with Gasteiger partial charge >= 0.3 is 0 Å². The predicted molar refractivity (Wildman–Crippen MR) is 63.5 cm³/mol. The molecule has 16 heavy (non-hydrogen) atoms. The fourth-order valence-electron chi connectivity index (χ4n) is 1.83. The summed E-state index contributed by atoms with van der Waals surface area (Å²) in [5.74, 6) is 0.130. The van der Waals surface area contributed by atoms with Crippen LogP contribution in [0.25, 0.3) is 0 Å². The molecule has 0 aromatic carbocycles. The van der Waals surface area contributed by atoms with E-state index in [9.17, 15) is 8.42 Å². The lowest BCUT2D eigenvalue weighted by Crippen LogP contribution is -2.46. The Morgan fingerprint density at radius 1 is 1.31 bits per heavy atom. The number of nitrogens with two attached hydrogens (primary N) is 1. The van der Waals surface area contributed by atoms with Crippen molar-refractivity contribution in [3.8, 4) is 0 Å². The Labute approximate surface area is 97.7 Å². The van der Waals surface area contributed by atoms with E-state index in [1.54, 1.807) is 4.31 Å². The van der Waals surface area contributed by atoms with Gasteiger partial charge in [-0.25, -0.2) is 8.42 Å². The van der Waals surface area contributed by atoms with E-state index in [1.807, 2.05) is 0 Å². The van der Waals surface area contributed by atoms with Crippen molar-refractivity contribution in [1.29, 1.82) is 0 Å². The summed E-state index contributed by atoms with van der Waals surface area (Å²) in [6, 6.07) is 0.161. The second-order valence-corrected chi connectivity index (χ2v) is 6.27. The van der Waals surface area contributed by atoms with E-state index in [-0.39, 0.29) is 18.4 Å². The number of aliphatic hydroxyl groups excluding tert-OH is 1. The van der Waals surface area contributed by atoms with E-state index in [1.165, 1.54) is 0 Å². The van der Waals surface area contributed by atoms with Crippen LogP contribution < -0.4 is 5.73 Å². The summed E-state index contributed by atoms with van der Waals surface area (Å²) in [5, 5.41) is 8.79. The summed E-state index contributed by atoms with van der Waals surface area (Å²) in [5.41, 5.74) is 5.34. The molecule has 0 unspecified atom stereocenters. The molecule has 0 atom stereocenters. The summed E-state index contributed by atoms with van der Waals surface area (Å²) < 4.78 is 25.6. The van der Waals surface area contributed by atoms with Crippen LogP contribution in [0, 0.1) is 0 Å². The van der Waals surface area contributed by atoms with E-state index < -0.39 is 10.0 Å². The summed E-state index contributed by atoms with van der Waals surface area (Å²) in [6.07, 6.45) is 4.02. The summed E-state index contributed by atoms with van der Waals surface area (Å²) in [7, 11) is -3.17. The molecule has 0 radical (unpaired) electrons. The molecule has 0 aromatic heterocycles. The Balaban J connectivity index is 2.58. The van der Waals surface area contributed by atoms with Gasteiger partial charge in [0.05, 0.1) is 5.75 Å². The second-order valence-electron chi connectivity index (χ2n) is 4.23. The maximum absolute atomic E-state index is 12.0. The third-order valence-electron chi connectivity index (χ3n) is 2.98. The van der Waals surface area contributed by atoms with Gasteiger partial charge in [0.25, 0.3) is 0 Å². The van der Waals surface area contributed by atoms with Crippen molar-refractivity contribution in [2.45, 2.75) is 38.1 Å². The third kappa shape index (κ3) is 3.69. The number of sulfonamides is 1. The lowest BCUT2D eigenvalue weighted by atomic mass is 9.93. The van der Waals surface area contributed by atoms with E-state index in [2.05, 4.69) is 0 Å². The molecule has 0 amide bonds. The first kappa shape index (κ1) is 13.9. The fraction of sp³-hybridized carbons (Fsp3) is 1.00.